The molecule has 1 saturated carbocycles. The SMILES string of the molecule is Cc1ccc([C@]2(O)CC[C@H](N3CC(NC(=O)CNc4nn(C)c5ccc(C(O)C(F)(F)F)cc45)C3)CC2)cn1. The molecule has 2 fully saturated rings. The monoisotopic (exact) mass is 546 g/mol. The minimum Gasteiger partial charge on any atom is -0.385 e. The molecule has 4 N–H and O–H groups in total. The van der Waals surface area contributed by atoms with Gasteiger partial charge < -0.3 is 20.8 Å². The summed E-state index contributed by atoms with van der Waals surface area (Å²) in [5, 5.41) is 31.3. The number of aryl methyl sites for hydroxylation is 2. The van der Waals surface area contributed by atoms with Gasteiger partial charge in [0.25, 0.3) is 0 Å². The van der Waals surface area contributed by atoms with Crippen LogP contribution in [0.1, 0.15) is 48.6 Å². The number of aliphatic hydroxyl groups is 2. The highest BCUT2D eigenvalue weighted by atomic mass is 19.4. The Labute approximate surface area is 224 Å². The van der Waals surface area contributed by atoms with Crippen molar-refractivity contribution in [1.82, 2.24) is 25.0 Å². The molecule has 210 valence electrons. The van der Waals surface area contributed by atoms with Gasteiger partial charge in [-0.25, -0.2) is 0 Å². The number of pyridine rings is 1. The van der Waals surface area contributed by atoms with Crippen LogP contribution in [0.25, 0.3) is 10.9 Å². The number of likely N-dealkylation sites (tertiary alicyclic amines) is 1. The smallest absolute Gasteiger partial charge is 0.385 e. The molecule has 5 rings (SSSR count). The van der Waals surface area contributed by atoms with Gasteiger partial charge in [-0.05, 0) is 56.4 Å². The topological polar surface area (TPSA) is 116 Å². The highest BCUT2D eigenvalue weighted by molar-refractivity contribution is 5.92. The minimum absolute atomic E-state index is 0.00965. The zero-order valence-corrected chi connectivity index (χ0v) is 21.9. The number of amides is 1. The minimum atomic E-state index is -4.78. The molecule has 1 atom stereocenters. The molecule has 1 aromatic carbocycles. The van der Waals surface area contributed by atoms with Gasteiger partial charge in [-0.3, -0.25) is 19.4 Å². The summed E-state index contributed by atoms with van der Waals surface area (Å²) in [6, 6.07) is 8.16. The van der Waals surface area contributed by atoms with Gasteiger partial charge in [-0.2, -0.15) is 18.3 Å². The summed E-state index contributed by atoms with van der Waals surface area (Å²) in [5.41, 5.74) is 1.22. The molecular weight excluding hydrogens is 513 g/mol. The second-order valence-corrected chi connectivity index (χ2v) is 10.7. The Kier molecular flexibility index (Phi) is 7.29. The van der Waals surface area contributed by atoms with Gasteiger partial charge in [0, 0.05) is 49.0 Å². The van der Waals surface area contributed by atoms with Crippen LogP contribution < -0.4 is 10.6 Å². The van der Waals surface area contributed by atoms with Crippen LogP contribution in [0.3, 0.4) is 0 Å². The average Bonchev–Trinajstić information content (AvgIpc) is 3.19. The fourth-order valence-electron chi connectivity index (χ4n) is 5.59. The molecule has 1 aliphatic heterocycles. The summed E-state index contributed by atoms with van der Waals surface area (Å²) < 4.78 is 40.4. The Bertz CT molecular complexity index is 1330. The average molecular weight is 547 g/mol. The van der Waals surface area contributed by atoms with Crippen LogP contribution in [0.5, 0.6) is 0 Å². The van der Waals surface area contributed by atoms with Gasteiger partial charge in [-0.15, -0.1) is 0 Å². The van der Waals surface area contributed by atoms with Crippen molar-refractivity contribution >= 4 is 22.6 Å². The first-order chi connectivity index (χ1) is 18.4. The molecule has 39 heavy (non-hydrogen) atoms. The molecule has 2 aliphatic rings. The normalized spacial score (nSPS) is 23.4. The van der Waals surface area contributed by atoms with Crippen molar-refractivity contribution in [3.05, 3.63) is 53.3 Å². The molecule has 1 saturated heterocycles. The molecule has 0 radical (unpaired) electrons. The number of aromatic nitrogens is 3. The zero-order chi connectivity index (χ0) is 27.9. The maximum absolute atomic E-state index is 13.0. The number of hydrogen-bond donors (Lipinski definition) is 4. The number of nitrogens with zero attached hydrogens (tertiary/aromatic N) is 4. The summed E-state index contributed by atoms with van der Waals surface area (Å²) in [6.45, 7) is 3.29. The highest BCUT2D eigenvalue weighted by Gasteiger charge is 2.41. The molecule has 0 spiro atoms. The number of nitrogens with one attached hydrogen (secondary N) is 2. The lowest BCUT2D eigenvalue weighted by Gasteiger charge is -2.48. The lowest BCUT2D eigenvalue weighted by molar-refractivity contribution is -0.206. The van der Waals surface area contributed by atoms with Gasteiger partial charge in [0.15, 0.2) is 11.9 Å². The predicted octanol–water partition coefficient (Wildman–Crippen LogP) is 2.92. The van der Waals surface area contributed by atoms with E-state index in [1.54, 1.807) is 13.2 Å². The number of alkyl halides is 3. The molecule has 1 aliphatic carbocycles. The number of rotatable bonds is 7. The summed E-state index contributed by atoms with van der Waals surface area (Å²) in [6.07, 6.45) is -2.56. The van der Waals surface area contributed by atoms with Crippen LogP contribution in [0.15, 0.2) is 36.5 Å². The van der Waals surface area contributed by atoms with Crippen LogP contribution in [0, 0.1) is 6.92 Å². The quantitative estimate of drug-likeness (QED) is 0.360. The van der Waals surface area contributed by atoms with Crippen LogP contribution in [0.4, 0.5) is 19.0 Å². The standard InChI is InChI=1S/C27H33F3N6O3/c1-16-3-5-18(12-31-16)26(39)9-7-20(8-10-26)36-14-19(15-36)33-23(37)13-32-25-21-11-17(24(38)27(28,29)30)4-6-22(21)35(2)34-25/h3-6,11-12,19-20,24,38-39H,7-10,13-15H2,1-2H3,(H,32,34)(H,33,37)/t20-,24?,26-. The molecule has 3 aromatic rings. The molecule has 1 unspecified atom stereocenters. The Morgan fingerprint density at radius 1 is 1.21 bits per heavy atom. The Balaban J connectivity index is 1.10. The van der Waals surface area contributed by atoms with Gasteiger partial charge in [0.2, 0.25) is 5.91 Å². The third-order valence-electron chi connectivity index (χ3n) is 7.94. The Hall–Kier alpha value is -3.22. The van der Waals surface area contributed by atoms with Crippen molar-refractivity contribution in [2.45, 2.75) is 62.6 Å². The van der Waals surface area contributed by atoms with Crippen molar-refractivity contribution in [2.24, 2.45) is 7.05 Å². The van der Waals surface area contributed by atoms with Crippen LogP contribution in [-0.2, 0) is 17.4 Å². The molecule has 3 heterocycles. The van der Waals surface area contributed by atoms with E-state index in [1.807, 2.05) is 19.1 Å². The van der Waals surface area contributed by atoms with E-state index in [0.717, 1.165) is 37.2 Å². The van der Waals surface area contributed by atoms with Gasteiger partial charge in [-0.1, -0.05) is 12.1 Å². The second-order valence-electron chi connectivity index (χ2n) is 10.7. The van der Waals surface area contributed by atoms with Crippen molar-refractivity contribution in [1.29, 1.82) is 0 Å². The first-order valence-corrected chi connectivity index (χ1v) is 13.1. The molecule has 2 aromatic heterocycles. The number of halogens is 3. The van der Waals surface area contributed by atoms with Crippen LogP contribution in [-0.4, -0.2) is 73.7 Å². The van der Waals surface area contributed by atoms with Crippen LogP contribution >= 0.6 is 0 Å². The maximum atomic E-state index is 13.0. The number of hydrogen-bond acceptors (Lipinski definition) is 7. The first-order valence-electron chi connectivity index (χ1n) is 13.1. The predicted molar refractivity (Wildman–Crippen MR) is 139 cm³/mol. The number of benzene rings is 1. The van der Waals surface area contributed by atoms with E-state index in [1.165, 1.54) is 22.9 Å². The number of aliphatic hydroxyl groups excluding tert-OH is 1. The zero-order valence-electron chi connectivity index (χ0n) is 21.9. The van der Waals surface area contributed by atoms with Gasteiger partial charge in [0.05, 0.1) is 23.7 Å². The summed E-state index contributed by atoms with van der Waals surface area (Å²) in [7, 11) is 1.65. The number of carbonyl (C=O) groups excluding carboxylic acids is 1. The molecule has 1 amide bonds. The number of anilines is 1. The van der Waals surface area contributed by atoms with E-state index in [4.69, 9.17) is 0 Å². The first kappa shape index (κ1) is 27.4. The maximum Gasteiger partial charge on any atom is 0.418 e. The van der Waals surface area contributed by atoms with Gasteiger partial charge >= 0.3 is 6.18 Å². The molecule has 9 nitrogen and oxygen atoms in total. The van der Waals surface area contributed by atoms with Crippen molar-refractivity contribution in [2.75, 3.05) is 25.0 Å². The van der Waals surface area contributed by atoms with E-state index in [-0.39, 0.29) is 29.9 Å². The fraction of sp³-hybridized carbons (Fsp3) is 0.519. The molecule has 12 heteroatoms. The Morgan fingerprint density at radius 2 is 1.92 bits per heavy atom. The van der Waals surface area contributed by atoms with E-state index >= 15 is 0 Å². The second kappa shape index (κ2) is 10.4. The number of carbonyl (C=O) groups is 1. The lowest BCUT2D eigenvalue weighted by atomic mass is 9.77. The highest BCUT2D eigenvalue weighted by Crippen LogP contribution is 2.39. The van der Waals surface area contributed by atoms with Crippen molar-refractivity contribution < 1.29 is 28.2 Å². The Morgan fingerprint density at radius 3 is 2.56 bits per heavy atom. The van der Waals surface area contributed by atoms with Crippen LogP contribution in [0.2, 0.25) is 0 Å². The molecule has 0 bridgehead atoms. The van der Waals surface area contributed by atoms with Crippen molar-refractivity contribution in [3.63, 3.8) is 0 Å². The van der Waals surface area contributed by atoms with E-state index in [0.29, 0.717) is 29.8 Å². The van der Waals surface area contributed by atoms with E-state index in [2.05, 4.69) is 25.6 Å². The summed E-state index contributed by atoms with van der Waals surface area (Å²) in [5.74, 6) is 0.0300. The van der Waals surface area contributed by atoms with E-state index < -0.39 is 17.9 Å². The summed E-state index contributed by atoms with van der Waals surface area (Å²) in [4.78, 5) is 19.2. The third-order valence-corrected chi connectivity index (χ3v) is 7.94. The third kappa shape index (κ3) is 5.73. The lowest BCUT2D eigenvalue weighted by Crippen LogP contribution is -2.63. The van der Waals surface area contributed by atoms with E-state index in [9.17, 15) is 28.2 Å². The van der Waals surface area contributed by atoms with Gasteiger partial charge in [0.1, 0.15) is 0 Å². The van der Waals surface area contributed by atoms with Crippen molar-refractivity contribution in [3.8, 4) is 0 Å². The summed E-state index contributed by atoms with van der Waals surface area (Å²) >= 11 is 0. The fourth-order valence-corrected chi connectivity index (χ4v) is 5.59. The largest absolute Gasteiger partial charge is 0.418 e. The molecular formula is C27H33F3N6O3. The number of fused-ring (bicyclic) bond motifs is 1.